The van der Waals surface area contributed by atoms with Gasteiger partial charge in [0, 0.05) is 25.8 Å². The van der Waals surface area contributed by atoms with Gasteiger partial charge in [0.2, 0.25) is 0 Å². The van der Waals surface area contributed by atoms with Crippen LogP contribution in [-0.2, 0) is 6.54 Å². The van der Waals surface area contributed by atoms with E-state index in [2.05, 4.69) is 27.9 Å². The minimum atomic E-state index is -0.256. The molecule has 0 saturated heterocycles. The van der Waals surface area contributed by atoms with Crippen LogP contribution in [0.5, 0.6) is 0 Å². The second-order valence-electron chi connectivity index (χ2n) is 6.04. The van der Waals surface area contributed by atoms with Crippen LogP contribution in [0.15, 0.2) is 52.1 Å². The zero-order chi connectivity index (χ0) is 18.6. The monoisotopic (exact) mass is 484 g/mol. The molecule has 2 aromatic rings. The van der Waals surface area contributed by atoms with Gasteiger partial charge in [-0.15, -0.1) is 24.0 Å². The standard InChI is InChI=1S/C20H28N4O2.HI/c1-3-4-5-6-13-22-20(21-2)23-15-16-9-11-17(12-10-16)24-19(25)18-8-7-14-26-18;/h7-12,14H,3-6,13,15H2,1-2H3,(H,24,25)(H2,21,22,23);1H. The lowest BCUT2D eigenvalue weighted by Gasteiger charge is -2.12. The molecule has 148 valence electrons. The summed E-state index contributed by atoms with van der Waals surface area (Å²) in [5.41, 5.74) is 1.84. The average Bonchev–Trinajstić information content (AvgIpc) is 3.20. The number of anilines is 1. The van der Waals surface area contributed by atoms with Crippen LogP contribution in [0.3, 0.4) is 0 Å². The Balaban J connectivity index is 0.00000364. The fourth-order valence-electron chi connectivity index (χ4n) is 2.47. The third-order valence-corrected chi connectivity index (χ3v) is 3.96. The van der Waals surface area contributed by atoms with Crippen molar-refractivity contribution in [1.29, 1.82) is 0 Å². The Morgan fingerprint density at radius 1 is 1.07 bits per heavy atom. The number of hydrogen-bond acceptors (Lipinski definition) is 3. The molecule has 7 heteroatoms. The quantitative estimate of drug-likeness (QED) is 0.214. The molecule has 1 aromatic carbocycles. The highest BCUT2D eigenvalue weighted by Crippen LogP contribution is 2.11. The van der Waals surface area contributed by atoms with E-state index in [1.54, 1.807) is 19.2 Å². The molecule has 0 aliphatic rings. The van der Waals surface area contributed by atoms with E-state index < -0.39 is 0 Å². The molecule has 0 aliphatic heterocycles. The van der Waals surface area contributed by atoms with Crippen LogP contribution in [0.25, 0.3) is 0 Å². The third-order valence-electron chi connectivity index (χ3n) is 3.96. The molecule has 0 bridgehead atoms. The molecular formula is C20H29IN4O2. The minimum Gasteiger partial charge on any atom is -0.459 e. The van der Waals surface area contributed by atoms with E-state index >= 15 is 0 Å². The van der Waals surface area contributed by atoms with E-state index in [1.165, 1.54) is 25.5 Å². The number of nitrogens with zero attached hydrogens (tertiary/aromatic N) is 1. The van der Waals surface area contributed by atoms with Crippen LogP contribution < -0.4 is 16.0 Å². The van der Waals surface area contributed by atoms with Crippen molar-refractivity contribution in [3.8, 4) is 0 Å². The van der Waals surface area contributed by atoms with Gasteiger partial charge in [-0.2, -0.15) is 0 Å². The van der Waals surface area contributed by atoms with Gasteiger partial charge in [-0.05, 0) is 36.2 Å². The van der Waals surface area contributed by atoms with Gasteiger partial charge < -0.3 is 20.4 Å². The number of guanidine groups is 1. The molecule has 1 amide bonds. The summed E-state index contributed by atoms with van der Waals surface area (Å²) in [5.74, 6) is 0.842. The van der Waals surface area contributed by atoms with Crippen molar-refractivity contribution in [3.63, 3.8) is 0 Å². The van der Waals surface area contributed by atoms with Crippen LogP contribution >= 0.6 is 24.0 Å². The lowest BCUT2D eigenvalue weighted by molar-refractivity contribution is 0.0996. The third kappa shape index (κ3) is 8.47. The molecule has 0 aliphatic carbocycles. The molecule has 0 unspecified atom stereocenters. The SMILES string of the molecule is CCCCCCNC(=NC)NCc1ccc(NC(=O)c2ccco2)cc1.I. The van der Waals surface area contributed by atoms with Crippen molar-refractivity contribution in [2.75, 3.05) is 18.9 Å². The van der Waals surface area contributed by atoms with Gasteiger partial charge >= 0.3 is 0 Å². The zero-order valence-electron chi connectivity index (χ0n) is 16.0. The molecule has 1 heterocycles. The van der Waals surface area contributed by atoms with Gasteiger partial charge in [-0.1, -0.05) is 38.3 Å². The van der Waals surface area contributed by atoms with E-state index in [-0.39, 0.29) is 29.9 Å². The Bertz CT molecular complexity index is 685. The maximum atomic E-state index is 11.9. The first-order valence-corrected chi connectivity index (χ1v) is 9.11. The largest absolute Gasteiger partial charge is 0.459 e. The number of amides is 1. The number of benzene rings is 1. The summed E-state index contributed by atoms with van der Waals surface area (Å²) in [5, 5.41) is 9.42. The minimum absolute atomic E-state index is 0. The Labute approximate surface area is 178 Å². The summed E-state index contributed by atoms with van der Waals surface area (Å²) < 4.78 is 5.08. The van der Waals surface area contributed by atoms with Crippen LogP contribution in [0.1, 0.15) is 48.7 Å². The van der Waals surface area contributed by atoms with Crippen molar-refractivity contribution >= 4 is 41.5 Å². The lowest BCUT2D eigenvalue weighted by atomic mass is 10.2. The number of rotatable bonds is 9. The summed E-state index contributed by atoms with van der Waals surface area (Å²) in [6.45, 7) is 3.81. The molecule has 0 saturated carbocycles. The van der Waals surface area contributed by atoms with Crippen molar-refractivity contribution in [1.82, 2.24) is 10.6 Å². The fourth-order valence-corrected chi connectivity index (χ4v) is 2.47. The van der Waals surface area contributed by atoms with Crippen LogP contribution in [0.4, 0.5) is 5.69 Å². The fraction of sp³-hybridized carbons (Fsp3) is 0.400. The number of carbonyl (C=O) groups is 1. The maximum Gasteiger partial charge on any atom is 0.291 e. The van der Waals surface area contributed by atoms with Crippen LogP contribution in [-0.4, -0.2) is 25.5 Å². The summed E-state index contributed by atoms with van der Waals surface area (Å²) in [7, 11) is 1.77. The van der Waals surface area contributed by atoms with Gasteiger partial charge in [0.05, 0.1) is 6.26 Å². The molecule has 6 nitrogen and oxygen atoms in total. The molecular weight excluding hydrogens is 455 g/mol. The van der Waals surface area contributed by atoms with Gasteiger partial charge in [-0.3, -0.25) is 9.79 Å². The number of halogens is 1. The molecule has 0 atom stereocenters. The zero-order valence-corrected chi connectivity index (χ0v) is 18.3. The number of hydrogen-bond donors (Lipinski definition) is 3. The number of furan rings is 1. The van der Waals surface area contributed by atoms with Crippen molar-refractivity contribution < 1.29 is 9.21 Å². The second kappa shape index (κ2) is 13.2. The van der Waals surface area contributed by atoms with E-state index in [0.29, 0.717) is 12.3 Å². The highest BCUT2D eigenvalue weighted by Gasteiger charge is 2.08. The summed E-state index contributed by atoms with van der Waals surface area (Å²) >= 11 is 0. The van der Waals surface area contributed by atoms with Crippen LogP contribution in [0.2, 0.25) is 0 Å². The maximum absolute atomic E-state index is 11.9. The number of nitrogens with one attached hydrogen (secondary N) is 3. The van der Waals surface area contributed by atoms with Gasteiger partial charge in [0.1, 0.15) is 0 Å². The highest BCUT2D eigenvalue weighted by atomic mass is 127. The Morgan fingerprint density at radius 2 is 1.85 bits per heavy atom. The summed E-state index contributed by atoms with van der Waals surface area (Å²) in [6.07, 6.45) is 6.39. The van der Waals surface area contributed by atoms with Gasteiger partial charge in [-0.25, -0.2) is 0 Å². The Hall–Kier alpha value is -2.03. The van der Waals surface area contributed by atoms with E-state index in [9.17, 15) is 4.79 Å². The van der Waals surface area contributed by atoms with Crippen molar-refractivity contribution in [2.45, 2.75) is 39.2 Å². The van der Waals surface area contributed by atoms with Gasteiger partial charge in [0.15, 0.2) is 11.7 Å². The van der Waals surface area contributed by atoms with E-state index in [0.717, 1.165) is 30.2 Å². The summed E-state index contributed by atoms with van der Waals surface area (Å²) in [4.78, 5) is 16.2. The molecule has 0 radical (unpaired) electrons. The molecule has 0 fully saturated rings. The average molecular weight is 484 g/mol. The lowest BCUT2D eigenvalue weighted by Crippen LogP contribution is -2.37. The van der Waals surface area contributed by atoms with Crippen molar-refractivity contribution in [3.05, 3.63) is 54.0 Å². The highest BCUT2D eigenvalue weighted by molar-refractivity contribution is 14.0. The van der Waals surface area contributed by atoms with E-state index in [4.69, 9.17) is 4.42 Å². The first kappa shape index (κ1) is 23.0. The number of carbonyl (C=O) groups excluding carboxylic acids is 1. The molecule has 3 N–H and O–H groups in total. The molecule has 0 spiro atoms. The normalized spacial score (nSPS) is 10.8. The molecule has 2 rings (SSSR count). The first-order chi connectivity index (χ1) is 12.7. The number of aliphatic imine (C=N–C) groups is 1. The second-order valence-corrected chi connectivity index (χ2v) is 6.04. The predicted molar refractivity (Wildman–Crippen MR) is 121 cm³/mol. The van der Waals surface area contributed by atoms with Crippen molar-refractivity contribution in [2.24, 2.45) is 4.99 Å². The predicted octanol–water partition coefficient (Wildman–Crippen LogP) is 4.40. The summed E-state index contributed by atoms with van der Waals surface area (Å²) in [6, 6.07) is 11.0. The molecule has 27 heavy (non-hydrogen) atoms. The Kier molecular flexibility index (Phi) is 11.2. The molecule has 1 aromatic heterocycles. The van der Waals surface area contributed by atoms with E-state index in [1.807, 2.05) is 24.3 Å². The first-order valence-electron chi connectivity index (χ1n) is 9.11. The smallest absolute Gasteiger partial charge is 0.291 e. The Morgan fingerprint density at radius 3 is 2.48 bits per heavy atom. The number of unbranched alkanes of at least 4 members (excludes halogenated alkanes) is 3. The van der Waals surface area contributed by atoms with Gasteiger partial charge in [0.25, 0.3) is 5.91 Å². The van der Waals surface area contributed by atoms with Crippen LogP contribution in [0, 0.1) is 0 Å². The topological polar surface area (TPSA) is 78.7 Å².